The van der Waals surface area contributed by atoms with E-state index in [4.69, 9.17) is 16.3 Å². The summed E-state index contributed by atoms with van der Waals surface area (Å²) < 4.78 is 43.6. The number of benzene rings is 2. The molecule has 1 aromatic heterocycles. The van der Waals surface area contributed by atoms with Gasteiger partial charge < -0.3 is 10.1 Å². The molecule has 0 saturated carbocycles. The SMILES string of the molecule is O=C(COc1ccc2ncccc2c1)Nc1cc(C(F)(F)F)ccc1Cl. The zero-order chi connectivity index (χ0) is 18.7. The molecule has 0 unspecified atom stereocenters. The van der Waals surface area contributed by atoms with Crippen molar-refractivity contribution in [1.29, 1.82) is 0 Å². The lowest BCUT2D eigenvalue weighted by molar-refractivity contribution is -0.137. The van der Waals surface area contributed by atoms with E-state index in [1.807, 2.05) is 6.07 Å². The molecule has 26 heavy (non-hydrogen) atoms. The Kier molecular flexibility index (Phi) is 4.99. The fourth-order valence-electron chi connectivity index (χ4n) is 2.28. The highest BCUT2D eigenvalue weighted by molar-refractivity contribution is 6.33. The minimum absolute atomic E-state index is 0.00290. The van der Waals surface area contributed by atoms with Gasteiger partial charge in [-0.3, -0.25) is 9.78 Å². The van der Waals surface area contributed by atoms with Gasteiger partial charge in [0.25, 0.3) is 5.91 Å². The zero-order valence-corrected chi connectivity index (χ0v) is 13.9. The molecule has 1 heterocycles. The third kappa shape index (κ3) is 4.23. The Balaban J connectivity index is 1.67. The first-order valence-electron chi connectivity index (χ1n) is 7.47. The van der Waals surface area contributed by atoms with E-state index < -0.39 is 17.6 Å². The molecule has 3 rings (SSSR count). The highest BCUT2D eigenvalue weighted by Gasteiger charge is 2.31. The van der Waals surface area contributed by atoms with Crippen LogP contribution in [-0.2, 0) is 11.0 Å². The van der Waals surface area contributed by atoms with Crippen LogP contribution in [0.3, 0.4) is 0 Å². The summed E-state index contributed by atoms with van der Waals surface area (Å²) >= 11 is 5.84. The first-order valence-corrected chi connectivity index (χ1v) is 7.85. The number of rotatable bonds is 4. The number of carbonyl (C=O) groups excluding carboxylic acids is 1. The third-order valence-electron chi connectivity index (χ3n) is 3.51. The average Bonchev–Trinajstić information content (AvgIpc) is 2.60. The van der Waals surface area contributed by atoms with Crippen LogP contribution in [0.1, 0.15) is 5.56 Å². The van der Waals surface area contributed by atoms with Crippen LogP contribution in [0.5, 0.6) is 5.75 Å². The van der Waals surface area contributed by atoms with Crippen molar-refractivity contribution in [3.63, 3.8) is 0 Å². The highest BCUT2D eigenvalue weighted by Crippen LogP contribution is 2.33. The van der Waals surface area contributed by atoms with Crippen molar-refractivity contribution < 1.29 is 22.7 Å². The molecular weight excluding hydrogens is 369 g/mol. The van der Waals surface area contributed by atoms with Gasteiger partial charge in [0, 0.05) is 11.6 Å². The number of fused-ring (bicyclic) bond motifs is 1. The van der Waals surface area contributed by atoms with Gasteiger partial charge in [-0.15, -0.1) is 0 Å². The van der Waals surface area contributed by atoms with Crippen LogP contribution in [0.4, 0.5) is 18.9 Å². The smallest absolute Gasteiger partial charge is 0.416 e. The minimum Gasteiger partial charge on any atom is -0.484 e. The van der Waals surface area contributed by atoms with Gasteiger partial charge in [-0.05, 0) is 42.5 Å². The Morgan fingerprint density at radius 3 is 2.73 bits per heavy atom. The lowest BCUT2D eigenvalue weighted by atomic mass is 10.2. The number of anilines is 1. The fraction of sp³-hybridized carbons (Fsp3) is 0.111. The van der Waals surface area contributed by atoms with Crippen LogP contribution >= 0.6 is 11.6 Å². The van der Waals surface area contributed by atoms with Crippen molar-refractivity contribution in [2.45, 2.75) is 6.18 Å². The van der Waals surface area contributed by atoms with E-state index in [0.29, 0.717) is 5.75 Å². The van der Waals surface area contributed by atoms with Gasteiger partial charge >= 0.3 is 6.18 Å². The van der Waals surface area contributed by atoms with Crippen LogP contribution in [0.15, 0.2) is 54.7 Å². The number of amides is 1. The summed E-state index contributed by atoms with van der Waals surface area (Å²) in [4.78, 5) is 16.1. The summed E-state index contributed by atoms with van der Waals surface area (Å²) in [6, 6.07) is 11.4. The number of halogens is 4. The molecule has 0 bridgehead atoms. The Morgan fingerprint density at radius 2 is 1.96 bits per heavy atom. The first-order chi connectivity index (χ1) is 12.3. The van der Waals surface area contributed by atoms with Gasteiger partial charge in [-0.1, -0.05) is 17.7 Å². The van der Waals surface area contributed by atoms with Gasteiger partial charge in [-0.25, -0.2) is 0 Å². The van der Waals surface area contributed by atoms with E-state index in [2.05, 4.69) is 10.3 Å². The molecule has 0 aliphatic heterocycles. The number of aromatic nitrogens is 1. The van der Waals surface area contributed by atoms with Crippen LogP contribution in [-0.4, -0.2) is 17.5 Å². The van der Waals surface area contributed by atoms with Crippen LogP contribution in [0.25, 0.3) is 10.9 Å². The topological polar surface area (TPSA) is 51.2 Å². The second-order valence-corrected chi connectivity index (χ2v) is 5.79. The van der Waals surface area contributed by atoms with E-state index >= 15 is 0 Å². The van der Waals surface area contributed by atoms with Gasteiger partial charge in [0.2, 0.25) is 0 Å². The van der Waals surface area contributed by atoms with Gasteiger partial charge in [-0.2, -0.15) is 13.2 Å². The summed E-state index contributed by atoms with van der Waals surface area (Å²) in [5.41, 5.74) is -0.252. The monoisotopic (exact) mass is 380 g/mol. The van der Waals surface area contributed by atoms with Gasteiger partial charge in [0.1, 0.15) is 5.75 Å². The van der Waals surface area contributed by atoms with Crippen LogP contribution in [0.2, 0.25) is 5.02 Å². The quantitative estimate of drug-likeness (QED) is 0.698. The summed E-state index contributed by atoms with van der Waals surface area (Å²) in [5.74, 6) is -0.187. The second kappa shape index (κ2) is 7.21. The predicted octanol–water partition coefficient (Wildman–Crippen LogP) is 4.92. The number of pyridine rings is 1. The molecule has 0 saturated heterocycles. The lowest BCUT2D eigenvalue weighted by Gasteiger charge is -2.12. The maximum Gasteiger partial charge on any atom is 0.416 e. The molecule has 134 valence electrons. The summed E-state index contributed by atoms with van der Waals surface area (Å²) in [7, 11) is 0. The number of nitrogens with zero attached hydrogens (tertiary/aromatic N) is 1. The van der Waals surface area contributed by atoms with Crippen molar-refractivity contribution in [2.75, 3.05) is 11.9 Å². The van der Waals surface area contributed by atoms with Gasteiger partial charge in [0.05, 0.1) is 21.8 Å². The number of nitrogens with one attached hydrogen (secondary N) is 1. The predicted molar refractivity (Wildman–Crippen MR) is 92.3 cm³/mol. The average molecular weight is 381 g/mol. The molecule has 0 spiro atoms. The van der Waals surface area contributed by atoms with Crippen LogP contribution < -0.4 is 10.1 Å². The van der Waals surface area contributed by atoms with E-state index in [1.54, 1.807) is 30.5 Å². The molecule has 8 heteroatoms. The van der Waals surface area contributed by atoms with E-state index in [1.165, 1.54) is 0 Å². The number of hydrogen-bond donors (Lipinski definition) is 1. The summed E-state index contributed by atoms with van der Waals surface area (Å²) in [6.45, 7) is -0.377. The lowest BCUT2D eigenvalue weighted by Crippen LogP contribution is -2.20. The molecule has 0 fully saturated rings. The highest BCUT2D eigenvalue weighted by atomic mass is 35.5. The number of ether oxygens (including phenoxy) is 1. The Hall–Kier alpha value is -2.80. The number of carbonyl (C=O) groups is 1. The Bertz CT molecular complexity index is 961. The van der Waals surface area contributed by atoms with Crippen LogP contribution in [0, 0.1) is 0 Å². The molecule has 0 atom stereocenters. The normalized spacial score (nSPS) is 11.4. The zero-order valence-electron chi connectivity index (χ0n) is 13.2. The Morgan fingerprint density at radius 1 is 1.15 bits per heavy atom. The summed E-state index contributed by atoms with van der Waals surface area (Å²) in [5, 5.41) is 3.16. The summed E-state index contributed by atoms with van der Waals surface area (Å²) in [6.07, 6.45) is -2.87. The minimum atomic E-state index is -4.53. The number of hydrogen-bond acceptors (Lipinski definition) is 3. The molecule has 1 amide bonds. The van der Waals surface area contributed by atoms with E-state index in [-0.39, 0.29) is 17.3 Å². The standard InChI is InChI=1S/C18H12ClF3N2O2/c19-14-5-3-12(18(20,21)22)9-16(14)24-17(25)10-26-13-4-6-15-11(8-13)2-1-7-23-15/h1-9H,10H2,(H,24,25). The van der Waals surface area contributed by atoms with Crippen molar-refractivity contribution in [3.05, 3.63) is 65.3 Å². The second-order valence-electron chi connectivity index (χ2n) is 5.39. The number of alkyl halides is 3. The molecule has 0 radical (unpaired) electrons. The molecule has 0 aliphatic carbocycles. The van der Waals surface area contributed by atoms with Crippen molar-refractivity contribution >= 4 is 34.1 Å². The molecule has 2 aromatic carbocycles. The molecule has 3 aromatic rings. The van der Waals surface area contributed by atoms with Crippen molar-refractivity contribution in [1.82, 2.24) is 4.98 Å². The maximum atomic E-state index is 12.7. The van der Waals surface area contributed by atoms with Crippen molar-refractivity contribution in [3.8, 4) is 5.75 Å². The van der Waals surface area contributed by atoms with Crippen molar-refractivity contribution in [2.24, 2.45) is 0 Å². The third-order valence-corrected chi connectivity index (χ3v) is 3.84. The van der Waals surface area contributed by atoms with E-state index in [0.717, 1.165) is 29.1 Å². The molecular formula is C18H12ClF3N2O2. The largest absolute Gasteiger partial charge is 0.484 e. The molecule has 0 aliphatic rings. The molecule has 4 nitrogen and oxygen atoms in total. The molecule has 1 N–H and O–H groups in total. The van der Waals surface area contributed by atoms with Gasteiger partial charge in [0.15, 0.2) is 6.61 Å². The van der Waals surface area contributed by atoms with E-state index in [9.17, 15) is 18.0 Å². The fourth-order valence-corrected chi connectivity index (χ4v) is 2.44. The first kappa shape index (κ1) is 18.0. The Labute approximate surface area is 151 Å². The maximum absolute atomic E-state index is 12.7.